The number of pyridine rings is 1. The van der Waals surface area contributed by atoms with Crippen LogP contribution >= 0.6 is 0 Å². The van der Waals surface area contributed by atoms with Crippen LogP contribution in [-0.2, 0) is 27.2 Å². The molecule has 1 saturated carbocycles. The molecule has 1 saturated heterocycles. The third-order valence-electron chi connectivity index (χ3n) is 7.80. The van der Waals surface area contributed by atoms with Crippen molar-refractivity contribution in [2.75, 3.05) is 25.0 Å². The first-order valence-corrected chi connectivity index (χ1v) is 13.1. The molecule has 35 heavy (non-hydrogen) atoms. The van der Waals surface area contributed by atoms with Crippen molar-refractivity contribution < 1.29 is 24.6 Å². The second-order valence-electron chi connectivity index (χ2n) is 10.3. The number of rotatable bonds is 9. The first-order chi connectivity index (χ1) is 16.9. The highest BCUT2D eigenvalue weighted by Gasteiger charge is 2.46. The Balaban J connectivity index is 1.21. The summed E-state index contributed by atoms with van der Waals surface area (Å²) in [5, 5.41) is 26.7. The molecule has 1 aliphatic carbocycles. The highest BCUT2D eigenvalue weighted by Crippen LogP contribution is 2.29. The van der Waals surface area contributed by atoms with E-state index in [2.05, 4.69) is 22.8 Å². The normalized spacial score (nSPS) is 20.5. The maximum atomic E-state index is 12.7. The highest BCUT2D eigenvalue weighted by molar-refractivity contribution is 5.86. The van der Waals surface area contributed by atoms with E-state index in [9.17, 15) is 24.6 Å². The SMILES string of the molecule is O=C(NC(C(=O)O)C1(O)CCN(C(=O)CCCCc2ccc3c(n2)NCCC3)CC1)C1CCCC1. The summed E-state index contributed by atoms with van der Waals surface area (Å²) in [5.41, 5.74) is 0.750. The molecule has 2 fully saturated rings. The molecule has 1 atom stereocenters. The third kappa shape index (κ3) is 6.31. The molecule has 3 aliphatic rings. The number of carbonyl (C=O) groups excluding carboxylic acids is 2. The fourth-order valence-corrected chi connectivity index (χ4v) is 5.55. The van der Waals surface area contributed by atoms with E-state index in [1.807, 2.05) is 0 Å². The first kappa shape index (κ1) is 25.4. The number of nitrogens with zero attached hydrogens (tertiary/aromatic N) is 2. The van der Waals surface area contributed by atoms with Gasteiger partial charge < -0.3 is 25.7 Å². The van der Waals surface area contributed by atoms with Crippen LogP contribution in [0.2, 0.25) is 0 Å². The monoisotopic (exact) mass is 486 g/mol. The fourth-order valence-electron chi connectivity index (χ4n) is 5.55. The maximum absolute atomic E-state index is 12.7. The lowest BCUT2D eigenvalue weighted by atomic mass is 9.83. The average molecular weight is 487 g/mol. The Bertz CT molecular complexity index is 922. The van der Waals surface area contributed by atoms with Crippen molar-refractivity contribution in [3.8, 4) is 0 Å². The second kappa shape index (κ2) is 11.4. The van der Waals surface area contributed by atoms with Crippen LogP contribution in [0.1, 0.15) is 75.5 Å². The lowest BCUT2D eigenvalue weighted by molar-refractivity contribution is -0.155. The summed E-state index contributed by atoms with van der Waals surface area (Å²) < 4.78 is 0. The summed E-state index contributed by atoms with van der Waals surface area (Å²) >= 11 is 0. The van der Waals surface area contributed by atoms with Crippen LogP contribution in [-0.4, -0.2) is 69.2 Å². The molecule has 0 spiro atoms. The number of piperidine rings is 1. The third-order valence-corrected chi connectivity index (χ3v) is 7.80. The van der Waals surface area contributed by atoms with Crippen molar-refractivity contribution in [2.45, 2.75) is 88.7 Å². The molecule has 2 aliphatic heterocycles. The number of carbonyl (C=O) groups is 3. The van der Waals surface area contributed by atoms with Crippen LogP contribution in [0, 0.1) is 5.92 Å². The molecule has 4 rings (SSSR count). The molecular formula is C26H38N4O5. The number of aliphatic hydroxyl groups is 1. The Morgan fingerprint density at radius 2 is 1.89 bits per heavy atom. The van der Waals surface area contributed by atoms with Gasteiger partial charge in [0.2, 0.25) is 11.8 Å². The summed E-state index contributed by atoms with van der Waals surface area (Å²) in [6, 6.07) is 2.86. The lowest BCUT2D eigenvalue weighted by Crippen LogP contribution is -2.62. The van der Waals surface area contributed by atoms with Gasteiger partial charge in [-0.3, -0.25) is 9.59 Å². The van der Waals surface area contributed by atoms with Crippen molar-refractivity contribution in [1.29, 1.82) is 0 Å². The van der Waals surface area contributed by atoms with Crippen molar-refractivity contribution >= 4 is 23.6 Å². The Kier molecular flexibility index (Phi) is 8.26. The molecule has 0 radical (unpaired) electrons. The molecule has 1 aromatic rings. The second-order valence-corrected chi connectivity index (χ2v) is 10.3. The number of aliphatic carboxylic acids is 1. The summed E-state index contributed by atoms with van der Waals surface area (Å²) in [6.45, 7) is 1.54. The minimum absolute atomic E-state index is 0.0222. The number of unbranched alkanes of at least 4 members (excludes halogenated alkanes) is 1. The number of amides is 2. The van der Waals surface area contributed by atoms with Crippen LogP contribution in [0.3, 0.4) is 0 Å². The van der Waals surface area contributed by atoms with Gasteiger partial charge in [0.15, 0.2) is 6.04 Å². The zero-order valence-corrected chi connectivity index (χ0v) is 20.4. The van der Waals surface area contributed by atoms with E-state index in [-0.39, 0.29) is 43.7 Å². The Morgan fingerprint density at radius 1 is 1.14 bits per heavy atom. The molecule has 1 aromatic heterocycles. The number of aromatic nitrogens is 1. The topological polar surface area (TPSA) is 132 Å². The van der Waals surface area contributed by atoms with Crippen LogP contribution in [0.25, 0.3) is 0 Å². The molecule has 3 heterocycles. The zero-order valence-electron chi connectivity index (χ0n) is 20.4. The molecule has 2 amide bonds. The molecule has 192 valence electrons. The van der Waals surface area contributed by atoms with Gasteiger partial charge in [-0.05, 0) is 69.4 Å². The minimum atomic E-state index is -1.55. The molecule has 1 unspecified atom stereocenters. The summed E-state index contributed by atoms with van der Waals surface area (Å²) in [7, 11) is 0. The molecule has 9 nitrogen and oxygen atoms in total. The molecule has 9 heteroatoms. The quantitative estimate of drug-likeness (QED) is 0.394. The predicted molar refractivity (Wildman–Crippen MR) is 131 cm³/mol. The lowest BCUT2D eigenvalue weighted by Gasteiger charge is -2.41. The molecule has 0 aromatic carbocycles. The first-order valence-electron chi connectivity index (χ1n) is 13.1. The van der Waals surface area contributed by atoms with E-state index < -0.39 is 17.6 Å². The zero-order chi connectivity index (χ0) is 24.8. The van der Waals surface area contributed by atoms with Gasteiger partial charge in [-0.15, -0.1) is 0 Å². The van der Waals surface area contributed by atoms with Crippen LogP contribution < -0.4 is 10.6 Å². The summed E-state index contributed by atoms with van der Waals surface area (Å²) in [4.78, 5) is 43.5. The van der Waals surface area contributed by atoms with E-state index >= 15 is 0 Å². The van der Waals surface area contributed by atoms with Gasteiger partial charge in [0, 0.05) is 37.7 Å². The van der Waals surface area contributed by atoms with E-state index in [0.717, 1.165) is 75.8 Å². The van der Waals surface area contributed by atoms with Gasteiger partial charge in [0.05, 0.1) is 5.60 Å². The number of aryl methyl sites for hydroxylation is 2. The maximum Gasteiger partial charge on any atom is 0.329 e. The van der Waals surface area contributed by atoms with Crippen molar-refractivity contribution in [3.05, 3.63) is 23.4 Å². The number of carboxylic acids is 1. The van der Waals surface area contributed by atoms with E-state index in [1.54, 1.807) is 4.90 Å². The van der Waals surface area contributed by atoms with Gasteiger partial charge in [-0.1, -0.05) is 18.9 Å². The van der Waals surface area contributed by atoms with Gasteiger partial charge in [-0.25, -0.2) is 9.78 Å². The number of nitrogens with one attached hydrogen (secondary N) is 2. The fraction of sp³-hybridized carbons (Fsp3) is 0.692. The Labute approximate surface area is 206 Å². The number of fused-ring (bicyclic) bond motifs is 1. The van der Waals surface area contributed by atoms with E-state index in [0.29, 0.717) is 6.42 Å². The van der Waals surface area contributed by atoms with Gasteiger partial charge in [0.1, 0.15) is 5.82 Å². The largest absolute Gasteiger partial charge is 0.480 e. The van der Waals surface area contributed by atoms with E-state index in [1.165, 1.54) is 5.56 Å². The summed E-state index contributed by atoms with van der Waals surface area (Å²) in [6.07, 6.45) is 8.79. The van der Waals surface area contributed by atoms with Crippen LogP contribution in [0.4, 0.5) is 5.82 Å². The van der Waals surface area contributed by atoms with E-state index in [4.69, 9.17) is 4.98 Å². The van der Waals surface area contributed by atoms with Gasteiger partial charge >= 0.3 is 5.97 Å². The van der Waals surface area contributed by atoms with Crippen molar-refractivity contribution in [2.24, 2.45) is 5.92 Å². The smallest absolute Gasteiger partial charge is 0.329 e. The van der Waals surface area contributed by atoms with Crippen LogP contribution in [0.15, 0.2) is 12.1 Å². The Morgan fingerprint density at radius 3 is 2.60 bits per heavy atom. The minimum Gasteiger partial charge on any atom is -0.480 e. The number of hydrogen-bond acceptors (Lipinski definition) is 6. The standard InChI is InChI=1S/C26H38N4O5/c31-21(10-4-3-9-20-12-11-18-8-5-15-27-23(18)28-20)30-16-13-26(35,14-17-30)22(25(33)34)29-24(32)19-6-1-2-7-19/h11-12,19,22,35H,1-10,13-17H2,(H,27,28)(H,29,32)(H,33,34). The van der Waals surface area contributed by atoms with Crippen LogP contribution in [0.5, 0.6) is 0 Å². The van der Waals surface area contributed by atoms with Gasteiger partial charge in [-0.2, -0.15) is 0 Å². The molecule has 0 bridgehead atoms. The molecule has 4 N–H and O–H groups in total. The van der Waals surface area contributed by atoms with Gasteiger partial charge in [0.25, 0.3) is 0 Å². The number of anilines is 1. The number of likely N-dealkylation sites (tertiary alicyclic amines) is 1. The average Bonchev–Trinajstić information content (AvgIpc) is 3.40. The highest BCUT2D eigenvalue weighted by atomic mass is 16.4. The number of carboxylic acid groups (broad SMARTS) is 1. The summed E-state index contributed by atoms with van der Waals surface area (Å²) in [5.74, 6) is -0.677. The van der Waals surface area contributed by atoms with Crippen molar-refractivity contribution in [3.63, 3.8) is 0 Å². The van der Waals surface area contributed by atoms with Crippen molar-refractivity contribution in [1.82, 2.24) is 15.2 Å². The number of hydrogen-bond donors (Lipinski definition) is 4. The molecular weight excluding hydrogens is 448 g/mol. The predicted octanol–water partition coefficient (Wildman–Crippen LogP) is 2.27. The Hall–Kier alpha value is -2.68.